The fourth-order valence-electron chi connectivity index (χ4n) is 3.44. The van der Waals surface area contributed by atoms with E-state index in [-0.39, 0.29) is 19.1 Å². The number of imide groups is 1. The summed E-state index contributed by atoms with van der Waals surface area (Å²) in [5.74, 6) is -2.45. The van der Waals surface area contributed by atoms with Crippen molar-refractivity contribution in [1.29, 1.82) is 0 Å². The largest absolute Gasteiger partial charge is 0.358 e. The number of rotatable bonds is 6. The summed E-state index contributed by atoms with van der Waals surface area (Å²) >= 11 is 0. The number of amides is 2. The van der Waals surface area contributed by atoms with Crippen molar-refractivity contribution in [3.8, 4) is 0 Å². The average molecular weight is 364 g/mol. The number of para-hydroxylation sites is 1. The molecule has 2 aliphatic rings. The van der Waals surface area contributed by atoms with Gasteiger partial charge >= 0.3 is 7.60 Å². The number of carbonyl (C=O) groups excluding carboxylic acids is 2. The summed E-state index contributed by atoms with van der Waals surface area (Å²) in [7, 11) is -3.73. The Balaban J connectivity index is 2.03. The number of aliphatic imine (C=N–C) groups is 1. The van der Waals surface area contributed by atoms with Gasteiger partial charge in [0.1, 0.15) is 0 Å². The van der Waals surface area contributed by atoms with Gasteiger partial charge in [-0.15, -0.1) is 0 Å². The predicted octanol–water partition coefficient (Wildman–Crippen LogP) is 2.86. The van der Waals surface area contributed by atoms with Gasteiger partial charge in [0, 0.05) is 6.21 Å². The number of fused-ring (bicyclic) bond motifs is 1. The number of hydrogen-bond acceptors (Lipinski definition) is 6. The lowest BCUT2D eigenvalue weighted by atomic mass is 9.93. The molecule has 0 radical (unpaired) electrons. The molecule has 0 aliphatic carbocycles. The van der Waals surface area contributed by atoms with E-state index in [9.17, 15) is 14.2 Å². The maximum Gasteiger partial charge on any atom is 0.358 e. The van der Waals surface area contributed by atoms with Crippen molar-refractivity contribution in [3.63, 3.8) is 0 Å². The quantitative estimate of drug-likeness (QED) is 0.572. The number of carbonyl (C=O) groups is 2. The van der Waals surface area contributed by atoms with Crippen molar-refractivity contribution in [2.24, 2.45) is 16.8 Å². The molecule has 0 N–H and O–H groups in total. The second-order valence-electron chi connectivity index (χ2n) is 6.06. The summed E-state index contributed by atoms with van der Waals surface area (Å²) in [6.07, 6.45) is 1.42. The van der Waals surface area contributed by atoms with E-state index in [0.29, 0.717) is 5.69 Å². The molecule has 2 aliphatic heterocycles. The van der Waals surface area contributed by atoms with Crippen LogP contribution in [-0.4, -0.2) is 36.5 Å². The van der Waals surface area contributed by atoms with Crippen molar-refractivity contribution in [2.75, 3.05) is 18.1 Å². The van der Waals surface area contributed by atoms with Gasteiger partial charge < -0.3 is 9.05 Å². The summed E-state index contributed by atoms with van der Waals surface area (Å²) in [4.78, 5) is 31.3. The van der Waals surface area contributed by atoms with E-state index >= 15 is 0 Å². The second-order valence-corrected chi connectivity index (χ2v) is 8.47. The highest BCUT2D eigenvalue weighted by atomic mass is 31.2. The lowest BCUT2D eigenvalue weighted by Crippen LogP contribution is -2.39. The monoisotopic (exact) mass is 364 g/mol. The molecule has 1 aromatic rings. The highest BCUT2D eigenvalue weighted by Gasteiger charge is 2.66. The zero-order chi connectivity index (χ0) is 18.2. The van der Waals surface area contributed by atoms with Gasteiger partial charge in [-0.1, -0.05) is 18.2 Å². The first-order valence-electron chi connectivity index (χ1n) is 8.27. The van der Waals surface area contributed by atoms with Crippen LogP contribution >= 0.6 is 7.60 Å². The van der Waals surface area contributed by atoms with E-state index in [1.165, 1.54) is 6.21 Å². The van der Waals surface area contributed by atoms with Crippen LogP contribution in [0.4, 0.5) is 5.69 Å². The molecule has 134 valence electrons. The van der Waals surface area contributed by atoms with E-state index in [1.807, 2.05) is 0 Å². The highest BCUT2D eigenvalue weighted by Crippen LogP contribution is 2.67. The third-order valence-corrected chi connectivity index (χ3v) is 7.30. The molecule has 7 nitrogen and oxygen atoms in total. The SMILES string of the molecule is CCOP(=O)(OCC)C1(C)N=CC2C(=O)N(c3ccccc3)C(=O)C21. The van der Waals surface area contributed by atoms with Gasteiger partial charge in [0.25, 0.3) is 0 Å². The van der Waals surface area contributed by atoms with Gasteiger partial charge in [-0.25, -0.2) is 4.90 Å². The normalized spacial score (nSPS) is 28.7. The topological polar surface area (TPSA) is 85.3 Å². The van der Waals surface area contributed by atoms with Crippen molar-refractivity contribution in [2.45, 2.75) is 26.1 Å². The molecule has 0 spiro atoms. The van der Waals surface area contributed by atoms with E-state index in [2.05, 4.69) is 4.99 Å². The molecule has 8 heteroatoms. The average Bonchev–Trinajstić information content (AvgIpc) is 3.07. The maximum absolute atomic E-state index is 13.3. The lowest BCUT2D eigenvalue weighted by molar-refractivity contribution is -0.122. The molecule has 25 heavy (non-hydrogen) atoms. The minimum atomic E-state index is -3.73. The van der Waals surface area contributed by atoms with Crippen LogP contribution in [0.2, 0.25) is 0 Å². The molecule has 3 unspecified atom stereocenters. The zero-order valence-corrected chi connectivity index (χ0v) is 15.3. The molecule has 0 aromatic heterocycles. The van der Waals surface area contributed by atoms with Crippen LogP contribution in [0, 0.1) is 11.8 Å². The molecule has 1 saturated heterocycles. The van der Waals surface area contributed by atoms with Crippen LogP contribution in [0.15, 0.2) is 35.3 Å². The van der Waals surface area contributed by atoms with E-state index in [4.69, 9.17) is 9.05 Å². The van der Waals surface area contributed by atoms with Crippen molar-refractivity contribution in [1.82, 2.24) is 0 Å². The molecule has 3 atom stereocenters. The number of hydrogen-bond donors (Lipinski definition) is 0. The molecule has 1 aromatic carbocycles. The molecule has 2 heterocycles. The zero-order valence-electron chi connectivity index (χ0n) is 14.4. The standard InChI is InChI=1S/C17H21N2O5P/c1-4-23-25(22,24-5-2)17(3)14-13(11-18-17)15(20)19(16(14)21)12-9-7-6-8-10-12/h6-11,13-14H,4-5H2,1-3H3. The predicted molar refractivity (Wildman–Crippen MR) is 93.7 cm³/mol. The first kappa shape index (κ1) is 18.0. The molecule has 0 bridgehead atoms. The van der Waals surface area contributed by atoms with Crippen LogP contribution in [0.1, 0.15) is 20.8 Å². The van der Waals surface area contributed by atoms with Gasteiger partial charge in [-0.2, -0.15) is 0 Å². The molecule has 0 saturated carbocycles. The minimum Gasteiger partial charge on any atom is -0.307 e. The first-order chi connectivity index (χ1) is 11.9. The highest BCUT2D eigenvalue weighted by molar-refractivity contribution is 7.55. The van der Waals surface area contributed by atoms with Crippen LogP contribution in [-0.2, 0) is 23.2 Å². The third kappa shape index (κ3) is 2.58. The molecule has 1 fully saturated rings. The minimum absolute atomic E-state index is 0.157. The fraction of sp³-hybridized carbons (Fsp3) is 0.471. The van der Waals surface area contributed by atoms with Crippen LogP contribution < -0.4 is 4.90 Å². The van der Waals surface area contributed by atoms with Gasteiger partial charge in [-0.3, -0.25) is 19.1 Å². The Kier molecular flexibility index (Phi) is 4.66. The Morgan fingerprint density at radius 3 is 2.28 bits per heavy atom. The Morgan fingerprint density at radius 1 is 1.12 bits per heavy atom. The number of nitrogens with zero attached hydrogens (tertiary/aromatic N) is 2. The molecule has 2 amide bonds. The van der Waals surface area contributed by atoms with Crippen LogP contribution in [0.5, 0.6) is 0 Å². The summed E-state index contributed by atoms with van der Waals surface area (Å²) in [5, 5.41) is -1.42. The summed E-state index contributed by atoms with van der Waals surface area (Å²) in [5.41, 5.74) is 0.491. The summed E-state index contributed by atoms with van der Waals surface area (Å²) in [6.45, 7) is 5.28. The van der Waals surface area contributed by atoms with E-state index in [0.717, 1.165) is 4.90 Å². The third-order valence-electron chi connectivity index (χ3n) is 4.60. The van der Waals surface area contributed by atoms with Crippen LogP contribution in [0.25, 0.3) is 0 Å². The fourth-order valence-corrected chi connectivity index (χ4v) is 5.54. The molecule has 3 rings (SSSR count). The van der Waals surface area contributed by atoms with Gasteiger partial charge in [-0.05, 0) is 32.9 Å². The number of benzene rings is 1. The van der Waals surface area contributed by atoms with Gasteiger partial charge in [0.2, 0.25) is 11.8 Å². The van der Waals surface area contributed by atoms with Crippen molar-refractivity contribution < 1.29 is 23.2 Å². The van der Waals surface area contributed by atoms with E-state index in [1.54, 1.807) is 51.1 Å². The van der Waals surface area contributed by atoms with E-state index < -0.39 is 30.6 Å². The molecular weight excluding hydrogens is 343 g/mol. The Labute approximate surface area is 146 Å². The lowest BCUT2D eigenvalue weighted by Gasteiger charge is -2.33. The second kappa shape index (κ2) is 6.48. The van der Waals surface area contributed by atoms with Crippen molar-refractivity contribution in [3.05, 3.63) is 30.3 Å². The van der Waals surface area contributed by atoms with Gasteiger partial charge in [0.05, 0.1) is 30.7 Å². The van der Waals surface area contributed by atoms with Gasteiger partial charge in [0.15, 0.2) is 5.28 Å². The maximum atomic E-state index is 13.3. The summed E-state index contributed by atoms with van der Waals surface area (Å²) in [6, 6.07) is 8.69. The Morgan fingerprint density at radius 2 is 1.72 bits per heavy atom. The van der Waals surface area contributed by atoms with Crippen molar-refractivity contribution >= 4 is 31.3 Å². The Hall–Kier alpha value is -1.82. The first-order valence-corrected chi connectivity index (χ1v) is 9.81. The number of anilines is 1. The summed E-state index contributed by atoms with van der Waals surface area (Å²) < 4.78 is 24.2. The van der Waals surface area contributed by atoms with Crippen LogP contribution in [0.3, 0.4) is 0 Å². The molecular formula is C17H21N2O5P. The smallest absolute Gasteiger partial charge is 0.307 e. The Bertz CT molecular complexity index is 756.